The summed E-state index contributed by atoms with van der Waals surface area (Å²) >= 11 is 0. The van der Waals surface area contributed by atoms with Crippen molar-refractivity contribution in [2.75, 3.05) is 50.7 Å². The molecule has 1 amide bonds. The maximum Gasteiger partial charge on any atom is 0.241 e. The van der Waals surface area contributed by atoms with Crippen molar-refractivity contribution >= 4 is 11.6 Å². The first-order valence-corrected chi connectivity index (χ1v) is 9.18. The number of para-hydroxylation sites is 1. The van der Waals surface area contributed by atoms with Crippen molar-refractivity contribution in [1.29, 1.82) is 0 Å². The van der Waals surface area contributed by atoms with Crippen molar-refractivity contribution in [2.24, 2.45) is 0 Å². The highest BCUT2D eigenvalue weighted by Gasteiger charge is 2.25. The topological polar surface area (TPSA) is 47.0 Å². The second-order valence-electron chi connectivity index (χ2n) is 6.92. The number of nitrogens with zero attached hydrogens (tertiary/aromatic N) is 3. The smallest absolute Gasteiger partial charge is 0.241 e. The molecule has 1 N–H and O–H groups in total. The third kappa shape index (κ3) is 4.15. The number of hydrogen-bond acceptors (Lipinski definition) is 4. The first-order valence-electron chi connectivity index (χ1n) is 9.18. The van der Waals surface area contributed by atoms with Crippen LogP contribution in [0.25, 0.3) is 0 Å². The molecule has 2 aliphatic rings. The average Bonchev–Trinajstić information content (AvgIpc) is 2.62. The molecule has 5 heteroatoms. The first kappa shape index (κ1) is 17.4. The number of carbonyl (C=O) groups is 1. The van der Waals surface area contributed by atoms with E-state index in [4.69, 9.17) is 0 Å². The van der Waals surface area contributed by atoms with E-state index in [9.17, 15) is 9.90 Å². The quantitative estimate of drug-likeness (QED) is 0.885. The number of benzene rings is 1. The Balaban J connectivity index is 1.52. The van der Waals surface area contributed by atoms with Gasteiger partial charge in [-0.25, -0.2) is 0 Å². The molecule has 1 aromatic carbocycles. The molecule has 0 bridgehead atoms. The molecule has 1 unspecified atom stereocenters. The molecule has 0 saturated carbocycles. The average molecular weight is 331 g/mol. The van der Waals surface area contributed by atoms with Gasteiger partial charge in [-0.05, 0) is 30.9 Å². The van der Waals surface area contributed by atoms with Crippen LogP contribution < -0.4 is 4.90 Å². The van der Waals surface area contributed by atoms with E-state index in [0.29, 0.717) is 6.54 Å². The zero-order chi connectivity index (χ0) is 16.9. The van der Waals surface area contributed by atoms with Gasteiger partial charge in [0, 0.05) is 45.0 Å². The van der Waals surface area contributed by atoms with Crippen molar-refractivity contribution in [3.63, 3.8) is 0 Å². The van der Waals surface area contributed by atoms with Crippen LogP contribution in [0.15, 0.2) is 24.3 Å². The summed E-state index contributed by atoms with van der Waals surface area (Å²) in [6.45, 7) is 7.75. The molecule has 0 radical (unpaired) electrons. The fourth-order valence-electron chi connectivity index (χ4n) is 3.63. The van der Waals surface area contributed by atoms with Crippen molar-refractivity contribution in [3.8, 4) is 0 Å². The summed E-state index contributed by atoms with van der Waals surface area (Å²) < 4.78 is 0. The Labute approximate surface area is 144 Å². The predicted molar refractivity (Wildman–Crippen MR) is 96.3 cm³/mol. The van der Waals surface area contributed by atoms with E-state index < -0.39 is 0 Å². The van der Waals surface area contributed by atoms with E-state index in [1.54, 1.807) is 0 Å². The number of piperazine rings is 1. The Bertz CT molecular complexity index is 555. The minimum absolute atomic E-state index is 0.212. The number of aliphatic hydroxyl groups is 1. The third-order valence-corrected chi connectivity index (χ3v) is 5.18. The minimum Gasteiger partial charge on any atom is -0.392 e. The summed E-state index contributed by atoms with van der Waals surface area (Å²) in [6, 6.07) is 8.27. The molecule has 24 heavy (non-hydrogen) atoms. The Hall–Kier alpha value is -1.43. The second kappa shape index (κ2) is 8.10. The molecule has 2 heterocycles. The molecule has 0 spiro atoms. The number of amides is 1. The van der Waals surface area contributed by atoms with E-state index in [-0.39, 0.29) is 12.0 Å². The molecule has 1 fully saturated rings. The van der Waals surface area contributed by atoms with Crippen molar-refractivity contribution in [1.82, 2.24) is 9.80 Å². The Morgan fingerprint density at radius 2 is 1.83 bits per heavy atom. The summed E-state index contributed by atoms with van der Waals surface area (Å²) in [7, 11) is 0. The molecule has 5 nitrogen and oxygen atoms in total. The predicted octanol–water partition coefficient (Wildman–Crippen LogP) is 1.35. The maximum atomic E-state index is 12.8. The van der Waals surface area contributed by atoms with E-state index in [1.165, 1.54) is 5.56 Å². The highest BCUT2D eigenvalue weighted by Crippen LogP contribution is 2.26. The fourth-order valence-corrected chi connectivity index (χ4v) is 3.63. The number of β-amino-alcohol motifs (C(OH)–C–C–N with tert-alkyl or cyclic N) is 1. The van der Waals surface area contributed by atoms with Crippen LogP contribution in [0.3, 0.4) is 0 Å². The highest BCUT2D eigenvalue weighted by atomic mass is 16.3. The van der Waals surface area contributed by atoms with E-state index >= 15 is 0 Å². The minimum atomic E-state index is -0.233. The molecule has 2 aliphatic heterocycles. The lowest BCUT2D eigenvalue weighted by Crippen LogP contribution is -2.51. The van der Waals surface area contributed by atoms with Crippen LogP contribution in [0, 0.1) is 0 Å². The van der Waals surface area contributed by atoms with Crippen LogP contribution in [0.2, 0.25) is 0 Å². The van der Waals surface area contributed by atoms with Gasteiger partial charge in [-0.1, -0.05) is 25.1 Å². The Morgan fingerprint density at radius 3 is 2.58 bits per heavy atom. The second-order valence-corrected chi connectivity index (χ2v) is 6.92. The lowest BCUT2D eigenvalue weighted by Gasteiger charge is -2.37. The largest absolute Gasteiger partial charge is 0.392 e. The summed E-state index contributed by atoms with van der Waals surface area (Å²) in [5.74, 6) is 0.212. The van der Waals surface area contributed by atoms with Gasteiger partial charge in [0.1, 0.15) is 0 Å². The lowest BCUT2D eigenvalue weighted by molar-refractivity contribution is -0.120. The summed E-state index contributed by atoms with van der Waals surface area (Å²) in [5, 5.41) is 9.77. The normalized spacial score (nSPS) is 20.7. The van der Waals surface area contributed by atoms with Crippen molar-refractivity contribution < 1.29 is 9.90 Å². The van der Waals surface area contributed by atoms with Gasteiger partial charge in [0.05, 0.1) is 12.6 Å². The Kier molecular flexibility index (Phi) is 5.87. The first-order chi connectivity index (χ1) is 11.7. The molecule has 1 aromatic rings. The van der Waals surface area contributed by atoms with Gasteiger partial charge in [-0.15, -0.1) is 0 Å². The van der Waals surface area contributed by atoms with Gasteiger partial charge < -0.3 is 10.0 Å². The molecule has 0 aromatic heterocycles. The number of hydrogen-bond donors (Lipinski definition) is 1. The zero-order valence-corrected chi connectivity index (χ0v) is 14.7. The molecular formula is C19H29N3O2. The van der Waals surface area contributed by atoms with Crippen molar-refractivity contribution in [2.45, 2.75) is 32.3 Å². The zero-order valence-electron chi connectivity index (χ0n) is 14.7. The van der Waals surface area contributed by atoms with Crippen LogP contribution in [0.1, 0.15) is 25.3 Å². The van der Waals surface area contributed by atoms with Gasteiger partial charge in [-0.3, -0.25) is 14.6 Å². The molecule has 132 valence electrons. The number of aliphatic hydroxyl groups excluding tert-OH is 1. The van der Waals surface area contributed by atoms with Crippen LogP contribution in [0.4, 0.5) is 5.69 Å². The highest BCUT2D eigenvalue weighted by molar-refractivity contribution is 5.95. The third-order valence-electron chi connectivity index (χ3n) is 5.18. The number of rotatable bonds is 5. The number of aryl methyl sites for hydroxylation is 1. The Morgan fingerprint density at radius 1 is 1.12 bits per heavy atom. The van der Waals surface area contributed by atoms with Gasteiger partial charge in [0.15, 0.2) is 0 Å². The van der Waals surface area contributed by atoms with E-state index in [1.807, 2.05) is 17.9 Å². The van der Waals surface area contributed by atoms with Gasteiger partial charge in [-0.2, -0.15) is 0 Å². The van der Waals surface area contributed by atoms with E-state index in [2.05, 4.69) is 28.0 Å². The summed E-state index contributed by atoms with van der Waals surface area (Å²) in [6.07, 6.45) is 2.68. The maximum absolute atomic E-state index is 12.8. The number of carbonyl (C=O) groups excluding carboxylic acids is 1. The molecule has 1 atom stereocenters. The van der Waals surface area contributed by atoms with Crippen LogP contribution in [0.5, 0.6) is 0 Å². The molecule has 0 aliphatic carbocycles. The van der Waals surface area contributed by atoms with Crippen LogP contribution in [-0.2, 0) is 11.2 Å². The number of fused-ring (bicyclic) bond motifs is 1. The summed E-state index contributed by atoms with van der Waals surface area (Å²) in [4.78, 5) is 19.3. The van der Waals surface area contributed by atoms with E-state index in [0.717, 1.165) is 64.2 Å². The molecule has 1 saturated heterocycles. The monoisotopic (exact) mass is 331 g/mol. The fraction of sp³-hybridized carbons (Fsp3) is 0.632. The molecular weight excluding hydrogens is 302 g/mol. The van der Waals surface area contributed by atoms with Crippen LogP contribution in [-0.4, -0.2) is 72.7 Å². The van der Waals surface area contributed by atoms with Gasteiger partial charge in [0.25, 0.3) is 0 Å². The van der Waals surface area contributed by atoms with Gasteiger partial charge in [0.2, 0.25) is 5.91 Å². The molecule has 3 rings (SSSR count). The van der Waals surface area contributed by atoms with Crippen molar-refractivity contribution in [3.05, 3.63) is 29.8 Å². The van der Waals surface area contributed by atoms with Crippen LogP contribution >= 0.6 is 0 Å². The number of anilines is 1. The van der Waals surface area contributed by atoms with Gasteiger partial charge >= 0.3 is 0 Å². The standard InChI is InChI=1S/C19H29N3O2/c1-2-17(23)14-20-10-12-21(13-11-20)15-19(24)22-9-5-7-16-6-3-4-8-18(16)22/h3-4,6,8,17,23H,2,5,7,9-15H2,1H3. The summed E-state index contributed by atoms with van der Waals surface area (Å²) in [5.41, 5.74) is 2.38. The lowest BCUT2D eigenvalue weighted by atomic mass is 10.0. The SMILES string of the molecule is CCC(O)CN1CCN(CC(=O)N2CCCc3ccccc32)CC1.